The highest BCUT2D eigenvalue weighted by Gasteiger charge is 2.32. The molecule has 0 atom stereocenters. The van der Waals surface area contributed by atoms with Gasteiger partial charge in [0, 0.05) is 29.4 Å². The van der Waals surface area contributed by atoms with Crippen LogP contribution in [0.15, 0.2) is 36.4 Å². The molecule has 27 heavy (non-hydrogen) atoms. The van der Waals surface area contributed by atoms with Crippen molar-refractivity contribution in [2.75, 3.05) is 6.54 Å². The van der Waals surface area contributed by atoms with E-state index in [9.17, 15) is 4.79 Å². The number of aryl methyl sites for hydroxylation is 1. The van der Waals surface area contributed by atoms with E-state index in [-0.39, 0.29) is 5.91 Å². The molecule has 1 heterocycles. The predicted octanol–water partition coefficient (Wildman–Crippen LogP) is 4.38. The molecule has 2 aliphatic carbocycles. The molecule has 0 saturated heterocycles. The van der Waals surface area contributed by atoms with Crippen molar-refractivity contribution in [3.8, 4) is 11.3 Å². The molecule has 2 aromatic rings. The zero-order chi connectivity index (χ0) is 19.0. The van der Waals surface area contributed by atoms with Gasteiger partial charge in [0.15, 0.2) is 0 Å². The number of hydrogen-bond acceptors (Lipinski definition) is 3. The van der Waals surface area contributed by atoms with Crippen molar-refractivity contribution in [2.24, 2.45) is 0 Å². The van der Waals surface area contributed by atoms with Crippen LogP contribution in [0, 0.1) is 13.8 Å². The van der Waals surface area contributed by atoms with Gasteiger partial charge in [0.25, 0.3) is 5.91 Å². The number of nitrogens with zero attached hydrogens (tertiary/aromatic N) is 4. The lowest BCUT2D eigenvalue weighted by Crippen LogP contribution is -2.33. The fraction of sp³-hybridized carbons (Fsp3) is 0.409. The number of carbonyl (C=O) groups excluding carboxylic acids is 1. The van der Waals surface area contributed by atoms with E-state index in [1.165, 1.54) is 5.70 Å². The molecule has 1 saturated carbocycles. The molecule has 0 radical (unpaired) electrons. The van der Waals surface area contributed by atoms with E-state index in [0.29, 0.717) is 6.04 Å². The normalized spacial score (nSPS) is 16.3. The van der Waals surface area contributed by atoms with Gasteiger partial charge in [-0.3, -0.25) is 4.79 Å². The molecule has 0 unspecified atom stereocenters. The average molecular weight is 362 g/mol. The fourth-order valence-corrected chi connectivity index (χ4v) is 3.79. The van der Waals surface area contributed by atoms with Crippen LogP contribution < -0.4 is 0 Å². The molecular weight excluding hydrogens is 336 g/mol. The van der Waals surface area contributed by atoms with E-state index in [4.69, 9.17) is 0 Å². The van der Waals surface area contributed by atoms with Crippen LogP contribution in [0.5, 0.6) is 0 Å². The predicted molar refractivity (Wildman–Crippen MR) is 107 cm³/mol. The molecule has 0 spiro atoms. The Morgan fingerprint density at radius 3 is 2.74 bits per heavy atom. The molecule has 2 aliphatic rings. The van der Waals surface area contributed by atoms with Gasteiger partial charge in [-0.2, -0.15) is 0 Å². The quantitative estimate of drug-likeness (QED) is 0.793. The van der Waals surface area contributed by atoms with Gasteiger partial charge in [-0.05, 0) is 70.2 Å². The number of carbonyl (C=O) groups is 1. The Balaban J connectivity index is 1.63. The van der Waals surface area contributed by atoms with Crippen molar-refractivity contribution in [3.05, 3.63) is 53.2 Å². The molecule has 1 fully saturated rings. The van der Waals surface area contributed by atoms with Crippen LogP contribution >= 0.6 is 0 Å². The fourth-order valence-electron chi connectivity index (χ4n) is 3.79. The Kier molecular flexibility index (Phi) is 4.68. The summed E-state index contributed by atoms with van der Waals surface area (Å²) in [5, 5.41) is 8.78. The number of rotatable bonds is 5. The van der Waals surface area contributed by atoms with Gasteiger partial charge in [-0.1, -0.05) is 23.4 Å². The number of hydrogen-bond donors (Lipinski definition) is 0. The maximum Gasteiger partial charge on any atom is 0.254 e. The summed E-state index contributed by atoms with van der Waals surface area (Å²) in [5.74, 6) is 0.142. The molecule has 0 N–H and O–H groups in total. The van der Waals surface area contributed by atoms with E-state index in [1.807, 2.05) is 28.6 Å². The van der Waals surface area contributed by atoms with Crippen LogP contribution in [0.3, 0.4) is 0 Å². The Morgan fingerprint density at radius 2 is 2.11 bits per heavy atom. The lowest BCUT2D eigenvalue weighted by molar-refractivity contribution is 0.0752. The van der Waals surface area contributed by atoms with Crippen molar-refractivity contribution in [1.82, 2.24) is 19.9 Å². The summed E-state index contributed by atoms with van der Waals surface area (Å²) in [4.78, 5) is 14.9. The number of amides is 1. The van der Waals surface area contributed by atoms with Gasteiger partial charge in [0.1, 0.15) is 5.69 Å². The monoisotopic (exact) mass is 362 g/mol. The molecular formula is C22H26N4O. The summed E-state index contributed by atoms with van der Waals surface area (Å²) in [5.41, 5.74) is 5.86. The molecule has 1 aromatic carbocycles. The van der Waals surface area contributed by atoms with Crippen molar-refractivity contribution in [1.29, 1.82) is 0 Å². The Labute approximate surface area is 160 Å². The summed E-state index contributed by atoms with van der Waals surface area (Å²) in [7, 11) is 0. The van der Waals surface area contributed by atoms with Crippen LogP contribution in [0.4, 0.5) is 0 Å². The number of benzene rings is 1. The Morgan fingerprint density at radius 1 is 1.30 bits per heavy atom. The van der Waals surface area contributed by atoms with Gasteiger partial charge >= 0.3 is 0 Å². The summed E-state index contributed by atoms with van der Waals surface area (Å²) < 4.78 is 1.93. The van der Waals surface area contributed by atoms with E-state index in [2.05, 4.69) is 48.5 Å². The maximum absolute atomic E-state index is 12.9. The van der Waals surface area contributed by atoms with Gasteiger partial charge in [-0.25, -0.2) is 4.68 Å². The first kappa shape index (κ1) is 17.7. The highest BCUT2D eigenvalue weighted by atomic mass is 16.2. The molecule has 140 valence electrons. The third-order valence-corrected chi connectivity index (χ3v) is 5.48. The average Bonchev–Trinajstić information content (AvgIpc) is 3.44. The van der Waals surface area contributed by atoms with Crippen LogP contribution in [-0.4, -0.2) is 38.4 Å². The van der Waals surface area contributed by atoms with Crippen molar-refractivity contribution in [3.63, 3.8) is 0 Å². The van der Waals surface area contributed by atoms with Crippen molar-refractivity contribution >= 4 is 11.6 Å². The van der Waals surface area contributed by atoms with Crippen molar-refractivity contribution < 1.29 is 4.79 Å². The number of aromatic nitrogens is 3. The van der Waals surface area contributed by atoms with Crippen molar-refractivity contribution in [2.45, 2.75) is 52.5 Å². The van der Waals surface area contributed by atoms with Crippen LogP contribution in [-0.2, 0) is 0 Å². The van der Waals surface area contributed by atoms with Gasteiger partial charge in [0.2, 0.25) is 0 Å². The largest absolute Gasteiger partial charge is 0.336 e. The van der Waals surface area contributed by atoms with Crippen LogP contribution in [0.1, 0.15) is 54.2 Å². The molecule has 1 amide bonds. The molecule has 0 bridgehead atoms. The van der Waals surface area contributed by atoms with Gasteiger partial charge in [-0.15, -0.1) is 5.10 Å². The lowest BCUT2D eigenvalue weighted by atomic mass is 10.0. The second-order valence-electron chi connectivity index (χ2n) is 7.41. The standard InChI is InChI=1S/C22H26N4O/c1-4-25(18-11-12-18)22(27)20-13-10-17(14-15(20)2)21-16(3)26(24-23-21)19-8-6-5-7-9-19/h5-6,8,10,13-14,18H,4,7,9,11-12H2,1-3H3. The van der Waals surface area contributed by atoms with E-state index in [1.54, 1.807) is 0 Å². The molecule has 5 heteroatoms. The summed E-state index contributed by atoms with van der Waals surface area (Å²) in [6.45, 7) is 6.87. The minimum absolute atomic E-state index is 0.142. The third-order valence-electron chi connectivity index (χ3n) is 5.48. The molecule has 0 aliphatic heterocycles. The minimum Gasteiger partial charge on any atom is -0.336 e. The smallest absolute Gasteiger partial charge is 0.254 e. The highest BCUT2D eigenvalue weighted by Crippen LogP contribution is 2.30. The SMILES string of the molecule is CCN(C(=O)c1ccc(-c2nnn(C3=CC=CCC3)c2C)cc1C)C1CC1. The lowest BCUT2D eigenvalue weighted by Gasteiger charge is -2.21. The second kappa shape index (κ2) is 7.14. The summed E-state index contributed by atoms with van der Waals surface area (Å²) in [6, 6.07) is 6.43. The molecule has 1 aromatic heterocycles. The molecule has 5 nitrogen and oxygen atoms in total. The first-order valence-electron chi connectivity index (χ1n) is 9.80. The van der Waals surface area contributed by atoms with E-state index in [0.717, 1.165) is 60.3 Å². The molecule has 4 rings (SSSR count). The topological polar surface area (TPSA) is 51.0 Å². The first-order chi connectivity index (χ1) is 13.1. The first-order valence-corrected chi connectivity index (χ1v) is 9.80. The summed E-state index contributed by atoms with van der Waals surface area (Å²) in [6.07, 6.45) is 10.6. The van der Waals surface area contributed by atoms with Gasteiger partial charge < -0.3 is 4.90 Å². The van der Waals surface area contributed by atoms with Gasteiger partial charge in [0.05, 0.1) is 5.69 Å². The minimum atomic E-state index is 0.142. The maximum atomic E-state index is 12.9. The Hall–Kier alpha value is -2.69. The zero-order valence-electron chi connectivity index (χ0n) is 16.3. The number of allylic oxidation sites excluding steroid dienone is 4. The zero-order valence-corrected chi connectivity index (χ0v) is 16.3. The second-order valence-corrected chi connectivity index (χ2v) is 7.41. The highest BCUT2D eigenvalue weighted by molar-refractivity contribution is 5.96. The van der Waals surface area contributed by atoms with E-state index < -0.39 is 0 Å². The summed E-state index contributed by atoms with van der Waals surface area (Å²) >= 11 is 0. The third kappa shape index (κ3) is 3.34. The van der Waals surface area contributed by atoms with E-state index >= 15 is 0 Å². The Bertz CT molecular complexity index is 934. The van der Waals surface area contributed by atoms with Crippen LogP contribution in [0.25, 0.3) is 17.0 Å². The van der Waals surface area contributed by atoms with Crippen LogP contribution in [0.2, 0.25) is 0 Å².